The van der Waals surface area contributed by atoms with E-state index >= 15 is 0 Å². The number of hydrogen-bond acceptors (Lipinski definition) is 5. The van der Waals surface area contributed by atoms with Crippen LogP contribution in [0.3, 0.4) is 0 Å². The Morgan fingerprint density at radius 3 is 2.50 bits per heavy atom. The molecule has 176 valence electrons. The molecule has 1 heterocycles. The molecule has 0 aromatic heterocycles. The Morgan fingerprint density at radius 1 is 1.03 bits per heavy atom. The van der Waals surface area contributed by atoms with Crippen LogP contribution >= 0.6 is 11.6 Å². The lowest BCUT2D eigenvalue weighted by Crippen LogP contribution is -2.39. The van der Waals surface area contributed by atoms with Gasteiger partial charge in [0.1, 0.15) is 17.2 Å². The number of nitrogens with zero attached hydrogens (tertiary/aromatic N) is 1. The topological polar surface area (TPSA) is 77.1 Å². The fourth-order valence-corrected chi connectivity index (χ4v) is 3.57. The number of halogens is 1. The summed E-state index contributed by atoms with van der Waals surface area (Å²) >= 11 is 5.85. The smallest absolute Gasteiger partial charge is 0.265 e. The molecule has 3 aromatic carbocycles. The molecule has 0 radical (unpaired) electrons. The number of aryl methyl sites for hydroxylation is 1. The molecule has 1 N–H and O–H groups in total. The van der Waals surface area contributed by atoms with E-state index in [1.807, 2.05) is 31.2 Å². The second kappa shape index (κ2) is 10.9. The predicted octanol–water partition coefficient (Wildman–Crippen LogP) is 4.86. The molecule has 4 rings (SSSR count). The molecule has 7 nitrogen and oxygen atoms in total. The molecule has 0 saturated heterocycles. The van der Waals surface area contributed by atoms with E-state index in [1.165, 1.54) is 5.56 Å². The van der Waals surface area contributed by atoms with Crippen molar-refractivity contribution in [2.45, 2.75) is 13.3 Å². The molecule has 0 unspecified atom stereocenters. The van der Waals surface area contributed by atoms with Gasteiger partial charge in [-0.05, 0) is 67.9 Å². The Morgan fingerprint density at radius 2 is 1.74 bits per heavy atom. The maximum atomic E-state index is 12.5. The van der Waals surface area contributed by atoms with Gasteiger partial charge in [0.15, 0.2) is 13.2 Å². The van der Waals surface area contributed by atoms with Crippen molar-refractivity contribution in [1.29, 1.82) is 0 Å². The van der Waals surface area contributed by atoms with Gasteiger partial charge in [-0.15, -0.1) is 0 Å². The number of nitrogens with one attached hydrogen (secondary N) is 1. The zero-order chi connectivity index (χ0) is 23.9. The molecule has 0 saturated carbocycles. The molecule has 8 heteroatoms. The Balaban J connectivity index is 1.33. The number of anilines is 2. The number of ether oxygens (including phenoxy) is 3. The van der Waals surface area contributed by atoms with E-state index in [0.717, 1.165) is 5.75 Å². The molecule has 0 atom stereocenters. The molecule has 0 spiro atoms. The van der Waals surface area contributed by atoms with E-state index in [1.54, 1.807) is 47.4 Å². The van der Waals surface area contributed by atoms with Crippen LogP contribution in [0, 0.1) is 6.92 Å². The highest BCUT2D eigenvalue weighted by molar-refractivity contribution is 6.30. The van der Waals surface area contributed by atoms with Gasteiger partial charge in [0, 0.05) is 17.3 Å². The maximum absolute atomic E-state index is 12.5. The normalized spacial score (nSPS) is 12.5. The number of hydrogen-bond donors (Lipinski definition) is 1. The first-order valence-corrected chi connectivity index (χ1v) is 11.3. The van der Waals surface area contributed by atoms with Crippen molar-refractivity contribution in [3.05, 3.63) is 77.3 Å². The summed E-state index contributed by atoms with van der Waals surface area (Å²) in [6.07, 6.45) is 0.643. The third kappa shape index (κ3) is 6.20. The third-order valence-corrected chi connectivity index (χ3v) is 5.44. The summed E-state index contributed by atoms with van der Waals surface area (Å²) in [4.78, 5) is 26.5. The van der Waals surface area contributed by atoms with Gasteiger partial charge < -0.3 is 24.4 Å². The van der Waals surface area contributed by atoms with Crippen LogP contribution in [0.25, 0.3) is 0 Å². The summed E-state index contributed by atoms with van der Waals surface area (Å²) in [6.45, 7) is 2.79. The molecular weight excluding hydrogens is 456 g/mol. The summed E-state index contributed by atoms with van der Waals surface area (Å²) in [5.74, 6) is 1.47. The summed E-state index contributed by atoms with van der Waals surface area (Å²) in [5, 5.41) is 3.39. The number of carbonyl (C=O) groups excluding carboxylic acids is 2. The second-order valence-electron chi connectivity index (χ2n) is 7.82. The van der Waals surface area contributed by atoms with Crippen molar-refractivity contribution >= 4 is 34.8 Å². The van der Waals surface area contributed by atoms with Crippen molar-refractivity contribution in [3.8, 4) is 17.2 Å². The minimum Gasteiger partial charge on any atom is -0.494 e. The largest absolute Gasteiger partial charge is 0.494 e. The van der Waals surface area contributed by atoms with Gasteiger partial charge in [-0.25, -0.2) is 0 Å². The van der Waals surface area contributed by atoms with E-state index in [-0.39, 0.29) is 25.0 Å². The molecule has 1 aliphatic heterocycles. The zero-order valence-corrected chi connectivity index (χ0v) is 19.5. The second-order valence-corrected chi connectivity index (χ2v) is 8.26. The van der Waals surface area contributed by atoms with Crippen molar-refractivity contribution in [3.63, 3.8) is 0 Å². The van der Waals surface area contributed by atoms with Gasteiger partial charge in [-0.1, -0.05) is 29.3 Å². The van der Waals surface area contributed by atoms with Crippen LogP contribution in [-0.2, 0) is 9.59 Å². The molecule has 0 aliphatic carbocycles. The van der Waals surface area contributed by atoms with Crippen LogP contribution in [0.4, 0.5) is 11.4 Å². The van der Waals surface area contributed by atoms with E-state index in [2.05, 4.69) is 5.32 Å². The lowest BCUT2D eigenvalue weighted by molar-refractivity contribution is -0.121. The van der Waals surface area contributed by atoms with Gasteiger partial charge in [-0.3, -0.25) is 9.59 Å². The molecule has 1 aliphatic rings. The van der Waals surface area contributed by atoms with Crippen molar-refractivity contribution in [2.75, 3.05) is 36.6 Å². The number of amides is 2. The SMILES string of the molecule is Cc1ccc(OCCCN2C(=O)COc3ccc(NC(=O)COc4ccc(Cl)cc4)cc32)cc1. The van der Waals surface area contributed by atoms with Crippen LogP contribution in [0.1, 0.15) is 12.0 Å². The van der Waals surface area contributed by atoms with Crippen LogP contribution < -0.4 is 24.4 Å². The summed E-state index contributed by atoms with van der Waals surface area (Å²) in [5.41, 5.74) is 2.33. The number of benzene rings is 3. The quantitative estimate of drug-likeness (QED) is 0.442. The fourth-order valence-electron chi connectivity index (χ4n) is 3.45. The maximum Gasteiger partial charge on any atom is 0.265 e. The standard InChI is InChI=1S/C26H25ClN2O5/c1-18-3-8-21(9-4-18)32-14-2-13-29-23-15-20(7-12-24(23)34-17-26(29)31)28-25(30)16-33-22-10-5-19(27)6-11-22/h3-12,15H,2,13-14,16-17H2,1H3,(H,28,30). The summed E-state index contributed by atoms with van der Waals surface area (Å²) in [6, 6.07) is 19.8. The first kappa shape index (κ1) is 23.4. The third-order valence-electron chi connectivity index (χ3n) is 5.19. The monoisotopic (exact) mass is 480 g/mol. The molecule has 0 fully saturated rings. The van der Waals surface area contributed by atoms with Gasteiger partial charge in [0.2, 0.25) is 0 Å². The molecule has 0 bridgehead atoms. The van der Waals surface area contributed by atoms with Crippen LogP contribution in [0.15, 0.2) is 66.7 Å². The molecule has 3 aromatic rings. The fraction of sp³-hybridized carbons (Fsp3) is 0.231. The van der Waals surface area contributed by atoms with E-state index in [9.17, 15) is 9.59 Å². The van der Waals surface area contributed by atoms with Crippen molar-refractivity contribution in [1.82, 2.24) is 0 Å². The lowest BCUT2D eigenvalue weighted by Gasteiger charge is -2.30. The highest BCUT2D eigenvalue weighted by Gasteiger charge is 2.25. The van der Waals surface area contributed by atoms with E-state index in [0.29, 0.717) is 47.5 Å². The molecule has 34 heavy (non-hydrogen) atoms. The van der Waals surface area contributed by atoms with Gasteiger partial charge in [0.25, 0.3) is 11.8 Å². The van der Waals surface area contributed by atoms with Crippen molar-refractivity contribution in [2.24, 2.45) is 0 Å². The van der Waals surface area contributed by atoms with Crippen LogP contribution in [0.2, 0.25) is 5.02 Å². The lowest BCUT2D eigenvalue weighted by atomic mass is 10.2. The van der Waals surface area contributed by atoms with E-state index in [4.69, 9.17) is 25.8 Å². The Labute approximate surface area is 203 Å². The molecule has 2 amide bonds. The summed E-state index contributed by atoms with van der Waals surface area (Å²) in [7, 11) is 0. The van der Waals surface area contributed by atoms with Gasteiger partial charge >= 0.3 is 0 Å². The zero-order valence-electron chi connectivity index (χ0n) is 18.8. The Bertz CT molecular complexity index is 1150. The highest BCUT2D eigenvalue weighted by Crippen LogP contribution is 2.34. The van der Waals surface area contributed by atoms with Crippen LogP contribution in [-0.4, -0.2) is 38.2 Å². The first-order chi connectivity index (χ1) is 16.5. The number of rotatable bonds is 9. The highest BCUT2D eigenvalue weighted by atomic mass is 35.5. The average molecular weight is 481 g/mol. The minimum atomic E-state index is -0.323. The Hall–Kier alpha value is -3.71. The Kier molecular flexibility index (Phi) is 7.54. The molecular formula is C26H25ClN2O5. The van der Waals surface area contributed by atoms with Crippen molar-refractivity contribution < 1.29 is 23.8 Å². The number of fused-ring (bicyclic) bond motifs is 1. The minimum absolute atomic E-state index is 0.0214. The van der Waals surface area contributed by atoms with Crippen LogP contribution in [0.5, 0.6) is 17.2 Å². The van der Waals surface area contributed by atoms with Gasteiger partial charge in [0.05, 0.1) is 12.3 Å². The number of carbonyl (C=O) groups is 2. The summed E-state index contributed by atoms with van der Waals surface area (Å²) < 4.78 is 16.8. The van der Waals surface area contributed by atoms with Gasteiger partial charge in [-0.2, -0.15) is 0 Å². The van der Waals surface area contributed by atoms with E-state index < -0.39 is 0 Å². The average Bonchev–Trinajstić information content (AvgIpc) is 2.83. The predicted molar refractivity (Wildman–Crippen MR) is 131 cm³/mol. The first-order valence-electron chi connectivity index (χ1n) is 10.9.